The van der Waals surface area contributed by atoms with Crippen LogP contribution in [0.4, 0.5) is 4.79 Å². The number of nitrogens with zero attached hydrogens (tertiary/aromatic N) is 3. The van der Waals surface area contributed by atoms with Crippen LogP contribution in [0.3, 0.4) is 0 Å². The molecule has 2 heterocycles. The first-order valence-electron chi connectivity index (χ1n) is 17.5. The molecule has 1 aliphatic carbocycles. The molecule has 5 rings (SSSR count). The normalized spacial score (nSPS) is 21.9. The molecule has 2 fully saturated rings. The lowest BCUT2D eigenvalue weighted by Crippen LogP contribution is -2.59. The number of amides is 3. The van der Waals surface area contributed by atoms with Crippen LogP contribution in [-0.2, 0) is 23.9 Å². The van der Waals surface area contributed by atoms with Gasteiger partial charge in [-0.2, -0.15) is 5.10 Å². The molecule has 1 saturated carbocycles. The first-order valence-corrected chi connectivity index (χ1v) is 17.5. The second kappa shape index (κ2) is 14.4. The van der Waals surface area contributed by atoms with Gasteiger partial charge in [-0.1, -0.05) is 45.0 Å². The van der Waals surface area contributed by atoms with E-state index in [4.69, 9.17) is 19.3 Å². The Labute approximate surface area is 303 Å². The minimum atomic E-state index is -1.32. The van der Waals surface area contributed by atoms with Crippen molar-refractivity contribution in [2.45, 2.75) is 90.6 Å². The van der Waals surface area contributed by atoms with E-state index in [1.165, 1.54) is 9.58 Å². The third-order valence-corrected chi connectivity index (χ3v) is 9.46. The summed E-state index contributed by atoms with van der Waals surface area (Å²) in [5.41, 5.74) is -2.07. The first kappa shape index (κ1) is 38.0. The van der Waals surface area contributed by atoms with Crippen LogP contribution < -0.4 is 20.9 Å². The minimum Gasteiger partial charge on any atom is -0.497 e. The molecule has 2 aliphatic rings. The highest BCUT2D eigenvalue weighted by Crippen LogP contribution is 2.46. The van der Waals surface area contributed by atoms with E-state index in [0.29, 0.717) is 28.6 Å². The van der Waals surface area contributed by atoms with Gasteiger partial charge in [0.1, 0.15) is 29.0 Å². The Morgan fingerprint density at radius 2 is 1.69 bits per heavy atom. The molecule has 0 bridgehead atoms. The average molecular weight is 716 g/mol. The van der Waals surface area contributed by atoms with Gasteiger partial charge in [-0.3, -0.25) is 14.4 Å². The highest BCUT2D eigenvalue weighted by molar-refractivity contribution is 5.97. The van der Waals surface area contributed by atoms with Crippen molar-refractivity contribution in [3.63, 3.8) is 0 Å². The van der Waals surface area contributed by atoms with Gasteiger partial charge in [0.15, 0.2) is 0 Å². The van der Waals surface area contributed by atoms with Gasteiger partial charge in [-0.25, -0.2) is 14.3 Å². The fourth-order valence-corrected chi connectivity index (χ4v) is 6.70. The number of benzene rings is 2. The van der Waals surface area contributed by atoms with E-state index in [1.807, 2.05) is 24.3 Å². The highest BCUT2D eigenvalue weighted by atomic mass is 16.6. The number of hydrogen-bond donors (Lipinski definition) is 2. The summed E-state index contributed by atoms with van der Waals surface area (Å²) < 4.78 is 17.5. The third-order valence-electron chi connectivity index (χ3n) is 9.46. The number of fused-ring (bicyclic) bond motifs is 1. The molecule has 0 radical (unpaired) electrons. The third kappa shape index (κ3) is 7.68. The Bertz CT molecular complexity index is 1930. The summed E-state index contributed by atoms with van der Waals surface area (Å²) in [6, 6.07) is 11.4. The van der Waals surface area contributed by atoms with Gasteiger partial charge < -0.3 is 29.7 Å². The monoisotopic (exact) mass is 715 g/mol. The molecule has 2 aromatic carbocycles. The predicted octanol–water partition coefficient (Wildman–Crippen LogP) is 4.78. The number of esters is 1. The number of likely N-dealkylation sites (tertiary alicyclic amines) is 1. The van der Waals surface area contributed by atoms with Gasteiger partial charge in [0, 0.05) is 29.8 Å². The van der Waals surface area contributed by atoms with E-state index in [9.17, 15) is 24.0 Å². The zero-order chi connectivity index (χ0) is 38.2. The maximum absolute atomic E-state index is 14.6. The molecule has 13 heteroatoms. The molecule has 1 aliphatic heterocycles. The smallest absolute Gasteiger partial charge is 0.408 e. The average Bonchev–Trinajstić information content (AvgIpc) is 3.62. The largest absolute Gasteiger partial charge is 0.497 e. The quantitative estimate of drug-likeness (QED) is 0.223. The molecule has 278 valence electrons. The first-order chi connectivity index (χ1) is 24.4. The van der Waals surface area contributed by atoms with Crippen LogP contribution in [0.15, 0.2) is 66.0 Å². The zero-order valence-corrected chi connectivity index (χ0v) is 31.1. The van der Waals surface area contributed by atoms with Crippen LogP contribution in [0.5, 0.6) is 5.75 Å². The highest BCUT2D eigenvalue weighted by Gasteiger charge is 2.62. The summed E-state index contributed by atoms with van der Waals surface area (Å²) in [7, 11) is 1.57. The second-order valence-corrected chi connectivity index (χ2v) is 15.4. The van der Waals surface area contributed by atoms with Gasteiger partial charge in [0.25, 0.3) is 5.56 Å². The van der Waals surface area contributed by atoms with Crippen molar-refractivity contribution < 1.29 is 33.4 Å². The standard InChI is InChI=1S/C39H49N5O8/c1-10-24-21-39(24,35(48)51-11-2)41-32(45)29-20-25(22-43(29)34(47)31(37(3,4)5)40-36(49)52-38(6,7)8)44-33(46)28-15-13-12-14-27(28)30(42-44)23-16-18-26(50-9)19-17-23/h10,12-19,24-25,29,31H,1,11,20-22H2,2-9H3,(H,40,49)(H,41,45). The number of carbonyl (C=O) groups is 4. The molecule has 13 nitrogen and oxygen atoms in total. The van der Waals surface area contributed by atoms with Crippen LogP contribution in [0.2, 0.25) is 0 Å². The number of hydrogen-bond acceptors (Lipinski definition) is 9. The van der Waals surface area contributed by atoms with E-state index in [-0.39, 0.29) is 31.0 Å². The molecular formula is C39H49N5O8. The molecule has 2 N–H and O–H groups in total. The molecule has 1 saturated heterocycles. The van der Waals surface area contributed by atoms with Crippen LogP contribution in [0.1, 0.15) is 67.3 Å². The van der Waals surface area contributed by atoms with Crippen LogP contribution in [-0.4, -0.2) is 82.0 Å². The Hall–Kier alpha value is -5.20. The van der Waals surface area contributed by atoms with Crippen molar-refractivity contribution in [1.29, 1.82) is 0 Å². The summed E-state index contributed by atoms with van der Waals surface area (Å²) in [6.07, 6.45) is 1.11. The topological polar surface area (TPSA) is 158 Å². The number of aromatic nitrogens is 2. The zero-order valence-electron chi connectivity index (χ0n) is 31.1. The van der Waals surface area contributed by atoms with Crippen molar-refractivity contribution in [1.82, 2.24) is 25.3 Å². The Morgan fingerprint density at radius 1 is 1.04 bits per heavy atom. The van der Waals surface area contributed by atoms with E-state index >= 15 is 0 Å². The van der Waals surface area contributed by atoms with E-state index < -0.39 is 58.6 Å². The summed E-state index contributed by atoms with van der Waals surface area (Å²) in [5.74, 6) is -1.43. The van der Waals surface area contributed by atoms with Crippen molar-refractivity contribution in [2.24, 2.45) is 11.3 Å². The Balaban J connectivity index is 1.58. The van der Waals surface area contributed by atoms with E-state index in [0.717, 1.165) is 5.56 Å². The van der Waals surface area contributed by atoms with Crippen molar-refractivity contribution in [3.8, 4) is 17.0 Å². The molecule has 5 atom stereocenters. The maximum atomic E-state index is 14.6. The van der Waals surface area contributed by atoms with Crippen molar-refractivity contribution in [2.75, 3.05) is 20.3 Å². The van der Waals surface area contributed by atoms with Gasteiger partial charge >= 0.3 is 12.1 Å². The SMILES string of the molecule is C=CC1CC1(NC(=O)C1CC(n2nc(-c3ccc(OC)cc3)c3ccccc3c2=O)CN1C(=O)C(NC(=O)OC(C)(C)C)C(C)(C)C)C(=O)OCC. The summed E-state index contributed by atoms with van der Waals surface area (Å²) >= 11 is 0. The van der Waals surface area contributed by atoms with Crippen LogP contribution in [0, 0.1) is 11.3 Å². The predicted molar refractivity (Wildman–Crippen MR) is 196 cm³/mol. The molecule has 3 amide bonds. The van der Waals surface area contributed by atoms with Gasteiger partial charge in [-0.15, -0.1) is 6.58 Å². The Kier molecular flexibility index (Phi) is 10.6. The molecule has 3 aromatic rings. The van der Waals surface area contributed by atoms with Gasteiger partial charge in [0.2, 0.25) is 11.8 Å². The lowest BCUT2D eigenvalue weighted by atomic mass is 9.85. The van der Waals surface area contributed by atoms with Crippen molar-refractivity contribution in [3.05, 3.63) is 71.5 Å². The number of carbonyl (C=O) groups excluding carboxylic acids is 4. The van der Waals surface area contributed by atoms with Crippen LogP contribution >= 0.6 is 0 Å². The fourth-order valence-electron chi connectivity index (χ4n) is 6.70. The molecule has 5 unspecified atom stereocenters. The fraction of sp³-hybridized carbons (Fsp3) is 0.487. The number of rotatable bonds is 10. The van der Waals surface area contributed by atoms with E-state index in [2.05, 4.69) is 17.2 Å². The van der Waals surface area contributed by atoms with Crippen LogP contribution in [0.25, 0.3) is 22.0 Å². The number of nitrogens with one attached hydrogen (secondary N) is 2. The molecule has 52 heavy (non-hydrogen) atoms. The van der Waals surface area contributed by atoms with Gasteiger partial charge in [-0.05, 0) is 69.9 Å². The summed E-state index contributed by atoms with van der Waals surface area (Å²) in [6.45, 7) is 16.1. The molecule has 0 spiro atoms. The summed E-state index contributed by atoms with van der Waals surface area (Å²) in [5, 5.41) is 11.5. The maximum Gasteiger partial charge on any atom is 0.408 e. The lowest BCUT2D eigenvalue weighted by molar-refractivity contribution is -0.150. The van der Waals surface area contributed by atoms with Crippen molar-refractivity contribution >= 4 is 34.6 Å². The summed E-state index contributed by atoms with van der Waals surface area (Å²) in [4.78, 5) is 70.6. The lowest BCUT2D eigenvalue weighted by Gasteiger charge is -2.36. The Morgan fingerprint density at radius 3 is 2.25 bits per heavy atom. The minimum absolute atomic E-state index is 0.00579. The number of alkyl carbamates (subject to hydrolysis) is 1. The second-order valence-electron chi connectivity index (χ2n) is 15.4. The molecule has 1 aromatic heterocycles. The number of ether oxygens (including phenoxy) is 3. The number of methoxy groups -OCH3 is 1. The van der Waals surface area contributed by atoms with Gasteiger partial charge in [0.05, 0.1) is 30.8 Å². The molecular weight excluding hydrogens is 666 g/mol. The van der Waals surface area contributed by atoms with E-state index in [1.54, 1.807) is 85.9 Å².